The Morgan fingerprint density at radius 1 is 1.28 bits per heavy atom. The van der Waals surface area contributed by atoms with E-state index in [0.29, 0.717) is 16.1 Å². The van der Waals surface area contributed by atoms with Gasteiger partial charge in [0, 0.05) is 15.9 Å². The first-order valence-corrected chi connectivity index (χ1v) is 6.89. The van der Waals surface area contributed by atoms with Crippen molar-refractivity contribution in [2.75, 3.05) is 0 Å². The van der Waals surface area contributed by atoms with Gasteiger partial charge in [-0.15, -0.1) is 0 Å². The van der Waals surface area contributed by atoms with Crippen molar-refractivity contribution in [3.63, 3.8) is 0 Å². The molecule has 0 saturated heterocycles. The molecule has 2 aromatic carbocycles. The second-order valence-electron chi connectivity index (χ2n) is 3.87. The molecular weight excluding hydrogens is 319 g/mol. The predicted octanol–water partition coefficient (Wildman–Crippen LogP) is 5.47. The number of halogens is 3. The average Bonchev–Trinajstić information content (AvgIpc) is 2.36. The van der Waals surface area contributed by atoms with Crippen molar-refractivity contribution in [3.05, 3.63) is 58.4 Å². The number of benzene rings is 2. The Morgan fingerprint density at radius 2 is 2.06 bits per heavy atom. The summed E-state index contributed by atoms with van der Waals surface area (Å²) >= 11 is 9.23. The van der Waals surface area contributed by atoms with Gasteiger partial charge >= 0.3 is 0 Å². The lowest BCUT2D eigenvalue weighted by Gasteiger charge is -2.12. The second-order valence-corrected chi connectivity index (χ2v) is 4.87. The number of para-hydroxylation sites is 1. The van der Waals surface area contributed by atoms with Gasteiger partial charge in [0.05, 0.1) is 0 Å². The van der Waals surface area contributed by atoms with Gasteiger partial charge < -0.3 is 4.74 Å². The molecule has 0 aliphatic rings. The van der Waals surface area contributed by atoms with E-state index >= 15 is 0 Å². The fourth-order valence-corrected chi connectivity index (χ4v) is 2.17. The fourth-order valence-electron chi connectivity index (χ4n) is 1.57. The largest absolute Gasteiger partial charge is 0.454 e. The van der Waals surface area contributed by atoms with E-state index in [1.807, 2.05) is 19.1 Å². The maximum Gasteiger partial charge on any atom is 0.167 e. The number of hydrogen-bond acceptors (Lipinski definition) is 1. The molecule has 2 aromatic rings. The normalized spacial score (nSPS) is 10.4. The van der Waals surface area contributed by atoms with Gasteiger partial charge in [0.2, 0.25) is 0 Å². The van der Waals surface area contributed by atoms with E-state index in [4.69, 9.17) is 16.3 Å². The number of aryl methyl sites for hydroxylation is 1. The molecule has 2 rings (SSSR count). The zero-order chi connectivity index (χ0) is 13.1. The van der Waals surface area contributed by atoms with Crippen LogP contribution in [-0.2, 0) is 5.33 Å². The maximum absolute atomic E-state index is 13.8. The van der Waals surface area contributed by atoms with Crippen molar-refractivity contribution in [3.8, 4) is 11.5 Å². The number of rotatable bonds is 3. The van der Waals surface area contributed by atoms with Gasteiger partial charge in [-0.25, -0.2) is 4.39 Å². The molecule has 0 aromatic heterocycles. The lowest BCUT2D eigenvalue weighted by molar-refractivity contribution is 0.436. The van der Waals surface area contributed by atoms with E-state index in [0.717, 1.165) is 11.1 Å². The third-order valence-electron chi connectivity index (χ3n) is 2.55. The summed E-state index contributed by atoms with van der Waals surface area (Å²) in [5, 5.41) is 1.09. The Balaban J connectivity index is 2.42. The predicted molar refractivity (Wildman–Crippen MR) is 75.3 cm³/mol. The molecule has 18 heavy (non-hydrogen) atoms. The molecule has 0 N–H and O–H groups in total. The van der Waals surface area contributed by atoms with Crippen LogP contribution in [0.2, 0.25) is 5.02 Å². The van der Waals surface area contributed by atoms with Crippen LogP contribution in [0, 0.1) is 12.7 Å². The van der Waals surface area contributed by atoms with Gasteiger partial charge in [-0.2, -0.15) is 0 Å². The van der Waals surface area contributed by atoms with Crippen LogP contribution in [0.5, 0.6) is 11.5 Å². The van der Waals surface area contributed by atoms with Crippen LogP contribution in [-0.4, -0.2) is 0 Å². The van der Waals surface area contributed by atoms with Crippen molar-refractivity contribution in [2.24, 2.45) is 0 Å². The summed E-state index contributed by atoms with van der Waals surface area (Å²) < 4.78 is 19.4. The quantitative estimate of drug-likeness (QED) is 0.678. The summed E-state index contributed by atoms with van der Waals surface area (Å²) in [6, 6.07) is 10.1. The highest BCUT2D eigenvalue weighted by Gasteiger charge is 2.11. The van der Waals surface area contributed by atoms with Crippen molar-refractivity contribution >= 4 is 27.5 Å². The van der Waals surface area contributed by atoms with Crippen LogP contribution in [0.4, 0.5) is 4.39 Å². The molecule has 0 amide bonds. The molecule has 0 fully saturated rings. The maximum atomic E-state index is 13.8. The Hall–Kier alpha value is -1.06. The zero-order valence-electron chi connectivity index (χ0n) is 9.71. The third kappa shape index (κ3) is 2.85. The summed E-state index contributed by atoms with van der Waals surface area (Å²) in [7, 11) is 0. The first-order chi connectivity index (χ1) is 8.61. The van der Waals surface area contributed by atoms with Crippen molar-refractivity contribution < 1.29 is 9.13 Å². The lowest BCUT2D eigenvalue weighted by atomic mass is 10.2. The zero-order valence-corrected chi connectivity index (χ0v) is 12.1. The number of ether oxygens (including phenoxy) is 1. The van der Waals surface area contributed by atoms with E-state index < -0.39 is 0 Å². The first kappa shape index (κ1) is 13.4. The minimum Gasteiger partial charge on any atom is -0.454 e. The molecule has 0 bridgehead atoms. The monoisotopic (exact) mass is 328 g/mol. The average molecular weight is 330 g/mol. The van der Waals surface area contributed by atoms with Gasteiger partial charge in [-0.3, -0.25) is 0 Å². The van der Waals surface area contributed by atoms with E-state index in [1.165, 1.54) is 6.07 Å². The highest BCUT2D eigenvalue weighted by Crippen LogP contribution is 2.32. The van der Waals surface area contributed by atoms with Gasteiger partial charge in [-0.05, 0) is 30.7 Å². The van der Waals surface area contributed by atoms with Crippen LogP contribution in [0.1, 0.15) is 11.1 Å². The smallest absolute Gasteiger partial charge is 0.167 e. The summed E-state index contributed by atoms with van der Waals surface area (Å²) in [5.74, 6) is 0.417. The molecule has 0 radical (unpaired) electrons. The fraction of sp³-hybridized carbons (Fsp3) is 0.143. The number of hydrogen-bond donors (Lipinski definition) is 0. The summed E-state index contributed by atoms with van der Waals surface area (Å²) in [5.41, 5.74) is 1.66. The van der Waals surface area contributed by atoms with Crippen LogP contribution in [0.3, 0.4) is 0 Å². The van der Waals surface area contributed by atoms with E-state index in [1.54, 1.807) is 18.2 Å². The van der Waals surface area contributed by atoms with Crippen molar-refractivity contribution in [1.29, 1.82) is 0 Å². The Labute approximate surface area is 119 Å². The Bertz CT molecular complexity index is 572. The first-order valence-electron chi connectivity index (χ1n) is 5.39. The molecular formula is C14H11BrClFO. The molecule has 0 aliphatic carbocycles. The molecule has 0 atom stereocenters. The van der Waals surface area contributed by atoms with Crippen LogP contribution < -0.4 is 4.74 Å². The molecule has 94 valence electrons. The summed E-state index contributed by atoms with van der Waals surface area (Å²) in [6.45, 7) is 1.89. The van der Waals surface area contributed by atoms with Crippen LogP contribution in [0.15, 0.2) is 36.4 Å². The van der Waals surface area contributed by atoms with Gasteiger partial charge in [-0.1, -0.05) is 45.7 Å². The highest BCUT2D eigenvalue weighted by molar-refractivity contribution is 9.08. The van der Waals surface area contributed by atoms with Gasteiger partial charge in [0.1, 0.15) is 5.75 Å². The molecule has 0 unspecified atom stereocenters. The SMILES string of the molecule is Cc1ccc(Cl)cc1Oc1c(F)cccc1CBr. The molecule has 4 heteroatoms. The second kappa shape index (κ2) is 5.72. The summed E-state index contributed by atoms with van der Waals surface area (Å²) in [6.07, 6.45) is 0. The van der Waals surface area contributed by atoms with E-state index in [2.05, 4.69) is 15.9 Å². The molecule has 1 nitrogen and oxygen atoms in total. The Kier molecular flexibility index (Phi) is 4.25. The molecule has 0 heterocycles. The topological polar surface area (TPSA) is 9.23 Å². The highest BCUT2D eigenvalue weighted by atomic mass is 79.9. The minimum absolute atomic E-state index is 0.236. The molecule has 0 spiro atoms. The summed E-state index contributed by atoms with van der Waals surface area (Å²) in [4.78, 5) is 0. The van der Waals surface area contributed by atoms with Crippen molar-refractivity contribution in [1.82, 2.24) is 0 Å². The standard InChI is InChI=1S/C14H11BrClFO/c1-9-5-6-11(16)7-13(9)18-14-10(8-15)3-2-4-12(14)17/h2-7H,8H2,1H3. The van der Waals surface area contributed by atoms with Gasteiger partial charge in [0.25, 0.3) is 0 Å². The Morgan fingerprint density at radius 3 is 2.78 bits per heavy atom. The third-order valence-corrected chi connectivity index (χ3v) is 3.39. The van der Waals surface area contributed by atoms with Gasteiger partial charge in [0.15, 0.2) is 11.6 Å². The van der Waals surface area contributed by atoms with Crippen LogP contribution >= 0.6 is 27.5 Å². The lowest BCUT2D eigenvalue weighted by Crippen LogP contribution is -1.94. The van der Waals surface area contributed by atoms with Crippen LogP contribution in [0.25, 0.3) is 0 Å². The molecule has 0 saturated carbocycles. The van der Waals surface area contributed by atoms with E-state index in [-0.39, 0.29) is 11.6 Å². The van der Waals surface area contributed by atoms with E-state index in [9.17, 15) is 4.39 Å². The number of alkyl halides is 1. The molecule has 0 aliphatic heterocycles. The minimum atomic E-state index is -0.383. The van der Waals surface area contributed by atoms with Crippen molar-refractivity contribution in [2.45, 2.75) is 12.3 Å².